The SMILES string of the molecule is CC.CO.Cc1c(COc2cc(OCc3cncc(C#N)c3)c(CNC(C)(CO)CO)cc2Cl)cccc1-c1cccc(OCCCN2CCCCC2)c1C. The first-order chi connectivity index (χ1) is 26.7. The summed E-state index contributed by atoms with van der Waals surface area (Å²) < 4.78 is 18.8. The first kappa shape index (κ1) is 45.2. The van der Waals surface area contributed by atoms with Crippen LogP contribution in [0.1, 0.15) is 79.8 Å². The number of rotatable bonds is 17. The van der Waals surface area contributed by atoms with Crippen LogP contribution in [0.25, 0.3) is 11.1 Å². The lowest BCUT2D eigenvalue weighted by Crippen LogP contribution is -2.48. The van der Waals surface area contributed by atoms with E-state index in [2.05, 4.69) is 59.4 Å². The molecule has 0 radical (unpaired) electrons. The molecule has 0 aliphatic carbocycles. The fourth-order valence-electron chi connectivity index (χ4n) is 6.22. The van der Waals surface area contributed by atoms with Gasteiger partial charge in [0, 0.05) is 49.8 Å². The Kier molecular flexibility index (Phi) is 19.4. The van der Waals surface area contributed by atoms with Crippen molar-refractivity contribution in [3.05, 3.63) is 105 Å². The summed E-state index contributed by atoms with van der Waals surface area (Å²) in [5.74, 6) is 1.87. The number of halogens is 1. The molecule has 0 saturated carbocycles. The fourth-order valence-corrected chi connectivity index (χ4v) is 6.46. The number of ether oxygens (including phenoxy) is 3. The van der Waals surface area contributed by atoms with Crippen molar-refractivity contribution in [3.63, 3.8) is 0 Å². The molecule has 4 N–H and O–H groups in total. The van der Waals surface area contributed by atoms with E-state index in [0.717, 1.165) is 59.2 Å². The molecule has 55 heavy (non-hydrogen) atoms. The molecule has 1 fully saturated rings. The largest absolute Gasteiger partial charge is 0.493 e. The zero-order valence-electron chi connectivity index (χ0n) is 33.3. The second-order valence-corrected chi connectivity index (χ2v) is 13.9. The van der Waals surface area contributed by atoms with Crippen LogP contribution in [-0.4, -0.2) is 77.3 Å². The Balaban J connectivity index is 0.00000196. The molecule has 1 aliphatic rings. The van der Waals surface area contributed by atoms with Gasteiger partial charge in [0.2, 0.25) is 0 Å². The lowest BCUT2D eigenvalue weighted by atomic mass is 9.93. The number of aromatic nitrogens is 1. The van der Waals surface area contributed by atoms with Crippen molar-refractivity contribution in [2.75, 3.05) is 46.6 Å². The predicted octanol–water partition coefficient (Wildman–Crippen LogP) is 7.77. The Labute approximate surface area is 332 Å². The van der Waals surface area contributed by atoms with Crippen LogP contribution in [0.4, 0.5) is 0 Å². The molecular formula is C44H59ClN4O6. The smallest absolute Gasteiger partial charge is 0.142 e. The topological polar surface area (TPSA) is 140 Å². The molecule has 4 aromatic rings. The number of nitriles is 1. The molecule has 0 atom stereocenters. The number of aliphatic hydroxyl groups excluding tert-OH is 3. The molecule has 0 unspecified atom stereocenters. The quantitative estimate of drug-likeness (QED) is 0.0787. The van der Waals surface area contributed by atoms with E-state index in [1.807, 2.05) is 26.0 Å². The van der Waals surface area contributed by atoms with Crippen LogP contribution in [-0.2, 0) is 19.8 Å². The summed E-state index contributed by atoms with van der Waals surface area (Å²) >= 11 is 6.77. The van der Waals surface area contributed by atoms with Gasteiger partial charge in [0.1, 0.15) is 36.5 Å². The number of pyridine rings is 1. The predicted molar refractivity (Wildman–Crippen MR) is 220 cm³/mol. The second-order valence-electron chi connectivity index (χ2n) is 13.5. The maximum atomic E-state index is 9.80. The number of hydrogen-bond donors (Lipinski definition) is 4. The maximum Gasteiger partial charge on any atom is 0.142 e. The molecule has 298 valence electrons. The lowest BCUT2D eigenvalue weighted by Gasteiger charge is -2.27. The van der Waals surface area contributed by atoms with Gasteiger partial charge in [-0.25, -0.2) is 0 Å². The van der Waals surface area contributed by atoms with Crippen molar-refractivity contribution in [1.82, 2.24) is 15.2 Å². The van der Waals surface area contributed by atoms with E-state index in [9.17, 15) is 15.5 Å². The normalized spacial score (nSPS) is 12.7. The van der Waals surface area contributed by atoms with Crippen LogP contribution in [0.15, 0.2) is 67.0 Å². The zero-order valence-corrected chi connectivity index (χ0v) is 34.1. The third-order valence-corrected chi connectivity index (χ3v) is 9.86. The van der Waals surface area contributed by atoms with Gasteiger partial charge in [-0.05, 0) is 99.1 Å². The standard InChI is InChI=1S/C41H49ClN4O5.C2H6.CH4O/c1-29-33(10-7-11-35(29)36-12-8-13-38(30(36)2)49-17-9-16-46-14-5-4-6-15-46)26-51-40-20-39(50-25-32-18-31(21-43)22-44-23-32)34(19-37(40)42)24-45-41(3,27-47)28-48;2*1-2/h7-8,10-13,18-20,22-23,45,47-48H,4-6,9,14-17,24-28H2,1-3H3;1-2H3;2H,1H3. The van der Waals surface area contributed by atoms with E-state index in [1.54, 1.807) is 31.3 Å². The number of likely N-dealkylation sites (tertiary alicyclic amines) is 1. The van der Waals surface area contributed by atoms with E-state index in [1.165, 1.54) is 38.5 Å². The number of hydrogen-bond acceptors (Lipinski definition) is 10. The Morgan fingerprint density at radius 3 is 2.20 bits per heavy atom. The average Bonchev–Trinajstić information content (AvgIpc) is 3.23. The molecule has 1 saturated heterocycles. The first-order valence-corrected chi connectivity index (χ1v) is 19.5. The van der Waals surface area contributed by atoms with Crippen molar-refractivity contribution >= 4 is 11.6 Å². The van der Waals surface area contributed by atoms with Crippen molar-refractivity contribution in [3.8, 4) is 34.4 Å². The van der Waals surface area contributed by atoms with Crippen molar-refractivity contribution in [2.45, 2.75) is 85.6 Å². The van der Waals surface area contributed by atoms with Crippen LogP contribution in [0.5, 0.6) is 17.2 Å². The minimum atomic E-state index is -0.899. The van der Waals surface area contributed by atoms with E-state index in [-0.39, 0.29) is 33.0 Å². The summed E-state index contributed by atoms with van der Waals surface area (Å²) in [7, 11) is 1.00. The third kappa shape index (κ3) is 13.2. The van der Waals surface area contributed by atoms with Crippen LogP contribution < -0.4 is 19.5 Å². The summed E-state index contributed by atoms with van der Waals surface area (Å²) in [4.78, 5) is 6.67. The second kappa shape index (κ2) is 23.7. The van der Waals surface area contributed by atoms with E-state index < -0.39 is 5.54 Å². The summed E-state index contributed by atoms with van der Waals surface area (Å²) in [6.07, 6.45) is 8.11. The van der Waals surface area contributed by atoms with Crippen LogP contribution in [0.2, 0.25) is 5.02 Å². The van der Waals surface area contributed by atoms with E-state index in [0.29, 0.717) is 34.3 Å². The molecule has 11 heteroatoms. The number of nitrogens with zero attached hydrogens (tertiary/aromatic N) is 3. The molecule has 1 aromatic heterocycles. The number of piperidine rings is 1. The molecule has 5 rings (SSSR count). The summed E-state index contributed by atoms with van der Waals surface area (Å²) in [6, 6.07) is 19.8. The van der Waals surface area contributed by atoms with Gasteiger partial charge in [-0.15, -0.1) is 0 Å². The van der Waals surface area contributed by atoms with Gasteiger partial charge >= 0.3 is 0 Å². The number of aliphatic hydroxyl groups is 3. The molecule has 1 aliphatic heterocycles. The van der Waals surface area contributed by atoms with Gasteiger partial charge in [0.25, 0.3) is 0 Å². The zero-order chi connectivity index (χ0) is 40.2. The highest BCUT2D eigenvalue weighted by molar-refractivity contribution is 6.32. The summed E-state index contributed by atoms with van der Waals surface area (Å²) in [5, 5.41) is 39.5. The highest BCUT2D eigenvalue weighted by Crippen LogP contribution is 2.36. The fraction of sp³-hybridized carbons (Fsp3) is 0.455. The average molecular weight is 775 g/mol. The van der Waals surface area contributed by atoms with Gasteiger partial charge < -0.3 is 39.7 Å². The Hall–Kier alpha value is -4.21. The van der Waals surface area contributed by atoms with Gasteiger partial charge in [-0.2, -0.15) is 5.26 Å². The monoisotopic (exact) mass is 774 g/mol. The summed E-state index contributed by atoms with van der Waals surface area (Å²) in [6.45, 7) is 14.3. The molecular weight excluding hydrogens is 716 g/mol. The molecule has 3 aromatic carbocycles. The molecule has 10 nitrogen and oxygen atoms in total. The highest BCUT2D eigenvalue weighted by atomic mass is 35.5. The van der Waals surface area contributed by atoms with Crippen LogP contribution in [0, 0.1) is 25.2 Å². The maximum absolute atomic E-state index is 9.80. The Morgan fingerprint density at radius 2 is 1.51 bits per heavy atom. The molecule has 0 bridgehead atoms. The van der Waals surface area contributed by atoms with Gasteiger partial charge in [-0.3, -0.25) is 4.98 Å². The van der Waals surface area contributed by atoms with Gasteiger partial charge in [0.15, 0.2) is 0 Å². The van der Waals surface area contributed by atoms with Crippen molar-refractivity contribution < 1.29 is 29.5 Å². The van der Waals surface area contributed by atoms with Crippen molar-refractivity contribution in [1.29, 1.82) is 5.26 Å². The van der Waals surface area contributed by atoms with Gasteiger partial charge in [-0.1, -0.05) is 62.2 Å². The molecule has 0 amide bonds. The van der Waals surface area contributed by atoms with Crippen LogP contribution >= 0.6 is 11.6 Å². The summed E-state index contributed by atoms with van der Waals surface area (Å²) in [5.41, 5.74) is 6.47. The highest BCUT2D eigenvalue weighted by Gasteiger charge is 2.23. The number of benzene rings is 3. The van der Waals surface area contributed by atoms with Crippen molar-refractivity contribution in [2.24, 2.45) is 0 Å². The van der Waals surface area contributed by atoms with Gasteiger partial charge in [0.05, 0.1) is 35.9 Å². The molecule has 2 heterocycles. The minimum Gasteiger partial charge on any atom is -0.493 e. The third-order valence-electron chi connectivity index (χ3n) is 9.57. The van der Waals surface area contributed by atoms with E-state index in [4.69, 9.17) is 30.9 Å². The number of nitrogens with one attached hydrogen (secondary N) is 1. The van der Waals surface area contributed by atoms with E-state index >= 15 is 0 Å². The Morgan fingerprint density at radius 1 is 0.836 bits per heavy atom. The van der Waals surface area contributed by atoms with Crippen LogP contribution in [0.3, 0.4) is 0 Å². The first-order valence-electron chi connectivity index (χ1n) is 19.1. The minimum absolute atomic E-state index is 0.162. The lowest BCUT2D eigenvalue weighted by molar-refractivity contribution is 0.103. The Bertz CT molecular complexity index is 1800. The molecule has 0 spiro atoms.